The maximum atomic E-state index is 13.1. The van der Waals surface area contributed by atoms with Crippen molar-refractivity contribution < 1.29 is 13.6 Å². The molecule has 6 rings (SSSR count). The van der Waals surface area contributed by atoms with Gasteiger partial charge in [-0.05, 0) is 72.6 Å². The van der Waals surface area contributed by atoms with Gasteiger partial charge in [-0.3, -0.25) is 4.79 Å². The quantitative estimate of drug-likeness (QED) is 0.284. The number of amides is 1. The Labute approximate surface area is 205 Å². The second-order valence-electron chi connectivity index (χ2n) is 8.59. The lowest BCUT2D eigenvalue weighted by atomic mass is 10.0. The first-order chi connectivity index (χ1) is 17.5. The Morgan fingerprint density at radius 2 is 1.61 bits per heavy atom. The highest BCUT2D eigenvalue weighted by atomic mass is 16.4. The van der Waals surface area contributed by atoms with Crippen molar-refractivity contribution in [3.63, 3.8) is 0 Å². The summed E-state index contributed by atoms with van der Waals surface area (Å²) in [5.74, 6) is 0.184. The van der Waals surface area contributed by atoms with Crippen LogP contribution in [0.5, 0.6) is 0 Å². The van der Waals surface area contributed by atoms with Crippen molar-refractivity contribution in [2.24, 2.45) is 0 Å². The van der Waals surface area contributed by atoms with Crippen molar-refractivity contribution in [2.75, 3.05) is 5.32 Å². The number of oxazole rings is 1. The van der Waals surface area contributed by atoms with Gasteiger partial charge in [0.05, 0.1) is 5.56 Å². The molecule has 1 amide bonds. The topological polar surface area (TPSA) is 85.3 Å². The molecular formula is C30H20N2O4. The van der Waals surface area contributed by atoms with Gasteiger partial charge in [0.25, 0.3) is 5.91 Å². The lowest BCUT2D eigenvalue weighted by molar-refractivity contribution is 0.102. The van der Waals surface area contributed by atoms with E-state index in [0.29, 0.717) is 33.9 Å². The lowest BCUT2D eigenvalue weighted by Gasteiger charge is -2.08. The van der Waals surface area contributed by atoms with Crippen LogP contribution in [0.15, 0.2) is 111 Å². The Kier molecular flexibility index (Phi) is 5.19. The van der Waals surface area contributed by atoms with Crippen LogP contribution in [0.4, 0.5) is 5.69 Å². The largest absolute Gasteiger partial charge is 0.436 e. The molecule has 0 aliphatic rings. The highest BCUT2D eigenvalue weighted by Crippen LogP contribution is 2.27. The average Bonchev–Trinajstić information content (AvgIpc) is 3.32. The van der Waals surface area contributed by atoms with Crippen LogP contribution in [0.3, 0.4) is 0 Å². The van der Waals surface area contributed by atoms with E-state index in [2.05, 4.69) is 10.3 Å². The maximum Gasteiger partial charge on any atom is 0.344 e. The summed E-state index contributed by atoms with van der Waals surface area (Å²) in [6, 6.07) is 29.2. The number of nitrogens with one attached hydrogen (secondary N) is 1. The van der Waals surface area contributed by atoms with Gasteiger partial charge in [-0.15, -0.1) is 0 Å². The highest BCUT2D eigenvalue weighted by molar-refractivity contribution is 6.05. The van der Waals surface area contributed by atoms with Gasteiger partial charge < -0.3 is 14.2 Å². The first kappa shape index (κ1) is 21.6. The summed E-state index contributed by atoms with van der Waals surface area (Å²) >= 11 is 0. The Morgan fingerprint density at radius 1 is 0.778 bits per heavy atom. The zero-order valence-electron chi connectivity index (χ0n) is 19.3. The SMILES string of the molecule is Cc1ccc2nc(-c3cccc(NC(=O)c4cccc(-c5cc6ccccc6oc5=O)c4)c3)oc2c1. The highest BCUT2D eigenvalue weighted by Gasteiger charge is 2.13. The molecular weight excluding hydrogens is 452 g/mol. The fraction of sp³-hybridized carbons (Fsp3) is 0.0333. The molecule has 1 N–H and O–H groups in total. The summed E-state index contributed by atoms with van der Waals surface area (Å²) in [7, 11) is 0. The van der Waals surface area contributed by atoms with Crippen LogP contribution in [-0.4, -0.2) is 10.9 Å². The number of nitrogens with zero attached hydrogens (tertiary/aromatic N) is 1. The fourth-order valence-corrected chi connectivity index (χ4v) is 4.18. The van der Waals surface area contributed by atoms with Crippen LogP contribution < -0.4 is 10.9 Å². The molecule has 0 aliphatic carbocycles. The lowest BCUT2D eigenvalue weighted by Crippen LogP contribution is -2.12. The molecule has 0 fully saturated rings. The van der Waals surface area contributed by atoms with Crippen LogP contribution >= 0.6 is 0 Å². The summed E-state index contributed by atoms with van der Waals surface area (Å²) in [4.78, 5) is 30.2. The van der Waals surface area contributed by atoms with E-state index in [4.69, 9.17) is 8.83 Å². The first-order valence-electron chi connectivity index (χ1n) is 11.5. The van der Waals surface area contributed by atoms with Crippen molar-refractivity contribution in [2.45, 2.75) is 6.92 Å². The van der Waals surface area contributed by atoms with Crippen molar-refractivity contribution in [1.82, 2.24) is 4.98 Å². The summed E-state index contributed by atoms with van der Waals surface area (Å²) in [6.45, 7) is 2.00. The first-order valence-corrected chi connectivity index (χ1v) is 11.5. The minimum Gasteiger partial charge on any atom is -0.436 e. The zero-order valence-corrected chi connectivity index (χ0v) is 19.3. The third-order valence-electron chi connectivity index (χ3n) is 5.99. The molecule has 4 aromatic carbocycles. The van der Waals surface area contributed by atoms with E-state index in [1.54, 1.807) is 42.5 Å². The Hall–Kier alpha value is -4.97. The molecule has 0 radical (unpaired) electrons. The molecule has 2 heterocycles. The maximum absolute atomic E-state index is 13.1. The van der Waals surface area contributed by atoms with E-state index < -0.39 is 5.63 Å². The van der Waals surface area contributed by atoms with Gasteiger partial charge in [0.2, 0.25) is 5.89 Å². The molecule has 6 aromatic rings. The molecule has 2 aromatic heterocycles. The van der Waals surface area contributed by atoms with Gasteiger partial charge in [0.1, 0.15) is 11.1 Å². The predicted octanol–water partition coefficient (Wildman–Crippen LogP) is 6.83. The van der Waals surface area contributed by atoms with Crippen LogP contribution in [0.1, 0.15) is 15.9 Å². The second kappa shape index (κ2) is 8.67. The standard InChI is InChI=1S/C30H20N2O4/c1-18-12-13-25-27(14-18)35-29(32-25)22-9-5-10-23(16-22)31-28(33)21-8-4-7-19(15-21)24-17-20-6-2-3-11-26(20)36-30(24)34/h2-17H,1H3,(H,31,33). The van der Waals surface area contributed by atoms with Gasteiger partial charge in [0, 0.05) is 22.2 Å². The number of carbonyl (C=O) groups is 1. The number of benzene rings is 4. The third-order valence-corrected chi connectivity index (χ3v) is 5.99. The molecule has 0 aliphatic heterocycles. The van der Waals surface area contributed by atoms with Gasteiger partial charge in [-0.2, -0.15) is 0 Å². The molecule has 0 saturated carbocycles. The average molecular weight is 473 g/mol. The summed E-state index contributed by atoms with van der Waals surface area (Å²) in [5.41, 5.74) is 5.44. The van der Waals surface area contributed by atoms with Gasteiger partial charge in [0.15, 0.2) is 5.58 Å². The number of hydrogen-bond acceptors (Lipinski definition) is 5. The summed E-state index contributed by atoms with van der Waals surface area (Å²) < 4.78 is 11.4. The number of para-hydroxylation sites is 1. The number of anilines is 1. The normalized spacial score (nSPS) is 11.1. The third kappa shape index (κ3) is 4.05. The zero-order chi connectivity index (χ0) is 24.6. The van der Waals surface area contributed by atoms with E-state index in [0.717, 1.165) is 27.6 Å². The predicted molar refractivity (Wildman–Crippen MR) is 140 cm³/mol. The van der Waals surface area contributed by atoms with E-state index in [-0.39, 0.29) is 5.91 Å². The molecule has 0 bridgehead atoms. The van der Waals surface area contributed by atoms with Crippen molar-refractivity contribution in [3.05, 3.63) is 119 Å². The Bertz CT molecular complexity index is 1830. The van der Waals surface area contributed by atoms with Crippen LogP contribution in [0.25, 0.3) is 44.7 Å². The van der Waals surface area contributed by atoms with Crippen LogP contribution in [-0.2, 0) is 0 Å². The summed E-state index contributed by atoms with van der Waals surface area (Å²) in [5, 5.41) is 3.74. The Morgan fingerprint density at radius 3 is 2.53 bits per heavy atom. The van der Waals surface area contributed by atoms with E-state index in [1.165, 1.54) is 0 Å². The molecule has 36 heavy (non-hydrogen) atoms. The number of aryl methyl sites for hydroxylation is 1. The number of rotatable bonds is 4. The molecule has 6 nitrogen and oxygen atoms in total. The molecule has 6 heteroatoms. The molecule has 0 atom stereocenters. The molecule has 0 spiro atoms. The van der Waals surface area contributed by atoms with Crippen molar-refractivity contribution in [3.8, 4) is 22.6 Å². The number of carbonyl (C=O) groups excluding carboxylic acids is 1. The minimum atomic E-state index is -0.451. The minimum absolute atomic E-state index is 0.299. The van der Waals surface area contributed by atoms with Gasteiger partial charge >= 0.3 is 5.63 Å². The van der Waals surface area contributed by atoms with Gasteiger partial charge in [-0.25, -0.2) is 9.78 Å². The molecule has 0 saturated heterocycles. The van der Waals surface area contributed by atoms with Crippen LogP contribution in [0.2, 0.25) is 0 Å². The van der Waals surface area contributed by atoms with E-state index >= 15 is 0 Å². The molecule has 0 unspecified atom stereocenters. The number of aromatic nitrogens is 1. The van der Waals surface area contributed by atoms with Crippen molar-refractivity contribution in [1.29, 1.82) is 0 Å². The molecule has 174 valence electrons. The van der Waals surface area contributed by atoms with E-state index in [9.17, 15) is 9.59 Å². The monoisotopic (exact) mass is 472 g/mol. The fourth-order valence-electron chi connectivity index (χ4n) is 4.18. The van der Waals surface area contributed by atoms with Gasteiger partial charge in [-0.1, -0.05) is 42.5 Å². The summed E-state index contributed by atoms with van der Waals surface area (Å²) in [6.07, 6.45) is 0. The van der Waals surface area contributed by atoms with E-state index in [1.807, 2.05) is 61.5 Å². The Balaban J connectivity index is 1.28. The van der Waals surface area contributed by atoms with Crippen LogP contribution in [0, 0.1) is 6.92 Å². The number of fused-ring (bicyclic) bond motifs is 2. The van der Waals surface area contributed by atoms with Crippen molar-refractivity contribution >= 4 is 33.7 Å². The smallest absolute Gasteiger partial charge is 0.344 e. The second-order valence-corrected chi connectivity index (χ2v) is 8.59. The number of hydrogen-bond donors (Lipinski definition) is 1.